The van der Waals surface area contributed by atoms with Crippen LogP contribution in [-0.2, 0) is 0 Å². The van der Waals surface area contributed by atoms with Gasteiger partial charge in [-0.05, 0) is 0 Å². The van der Waals surface area contributed by atoms with Gasteiger partial charge in [0.1, 0.15) is 0 Å². The summed E-state index contributed by atoms with van der Waals surface area (Å²) >= 11 is 17.1. The van der Waals surface area contributed by atoms with Gasteiger partial charge in [-0.15, -0.1) is 0 Å². The Bertz CT molecular complexity index is 1750. The molecule has 174 valence electrons. The van der Waals surface area contributed by atoms with Crippen LogP contribution in [0.25, 0.3) is 31.2 Å². The summed E-state index contributed by atoms with van der Waals surface area (Å²) in [7, 11) is 1.66. The molecule has 0 fully saturated rings. The number of hydrogen-bond acceptors (Lipinski definition) is 7. The number of aromatic nitrogens is 6. The molecule has 0 spiro atoms. The van der Waals surface area contributed by atoms with E-state index in [1.165, 1.54) is 8.52 Å². The van der Waals surface area contributed by atoms with Crippen LogP contribution in [0.5, 0.6) is 5.75 Å². The van der Waals surface area contributed by atoms with Crippen LogP contribution < -0.4 is 4.74 Å². The van der Waals surface area contributed by atoms with E-state index in [-0.39, 0.29) is 29.5 Å². The van der Waals surface area contributed by atoms with Gasteiger partial charge in [-0.1, -0.05) is 0 Å². The van der Waals surface area contributed by atoms with Gasteiger partial charge >= 0.3 is 229 Å². The van der Waals surface area contributed by atoms with Crippen molar-refractivity contribution in [2.75, 3.05) is 7.11 Å². The molecule has 0 bridgehead atoms. The molecule has 0 aliphatic heterocycles. The fraction of sp³-hybridized carbons (Fsp3) is 0.0435. The predicted octanol–water partition coefficient (Wildman–Crippen LogP) is 5.08. The van der Waals surface area contributed by atoms with E-state index in [1.54, 1.807) is 44.0 Å². The van der Waals surface area contributed by atoms with Crippen molar-refractivity contribution >= 4 is 84.8 Å². The molecule has 12 heteroatoms. The third-order valence-corrected chi connectivity index (χ3v) is 10.9. The number of hydrogen-bond donors (Lipinski definition) is 0. The molecule has 0 radical (unpaired) electrons. The van der Waals surface area contributed by atoms with Crippen molar-refractivity contribution in [2.24, 2.45) is 0 Å². The van der Waals surface area contributed by atoms with Crippen LogP contribution in [0, 0.1) is 9.28 Å². The molecule has 7 nitrogen and oxygen atoms in total. The Labute approximate surface area is 227 Å². The molecular formula is C23H15ClN6OS2Se2. The van der Waals surface area contributed by atoms with E-state index in [2.05, 4.69) is 26.0 Å². The van der Waals surface area contributed by atoms with Crippen LogP contribution >= 0.6 is 36.0 Å². The molecule has 0 atom stereocenters. The van der Waals surface area contributed by atoms with E-state index < -0.39 is 0 Å². The molecular weight excluding hydrogens is 634 g/mol. The molecule has 0 amide bonds. The van der Waals surface area contributed by atoms with Gasteiger partial charge in [-0.3, -0.25) is 0 Å². The van der Waals surface area contributed by atoms with Crippen LogP contribution in [0.15, 0.2) is 73.3 Å². The number of nitrogens with zero attached hydrogens (tertiary/aromatic N) is 6. The molecule has 35 heavy (non-hydrogen) atoms. The van der Waals surface area contributed by atoms with Crippen molar-refractivity contribution in [3.8, 4) is 17.6 Å². The summed E-state index contributed by atoms with van der Waals surface area (Å²) in [6.45, 7) is 0. The average molecular weight is 649 g/mol. The normalized spacial score (nSPS) is 10.8. The second kappa shape index (κ2) is 10.6. The van der Waals surface area contributed by atoms with E-state index >= 15 is 0 Å². The topological polar surface area (TPSA) is 70.7 Å². The summed E-state index contributed by atoms with van der Waals surface area (Å²) in [5, 5.41) is 2.79. The number of ether oxygens (including phenoxy) is 1. The van der Waals surface area contributed by atoms with Crippen molar-refractivity contribution in [1.29, 1.82) is 0 Å². The Morgan fingerprint density at radius 3 is 1.74 bits per heavy atom. The van der Waals surface area contributed by atoms with E-state index in [1.807, 2.05) is 37.5 Å². The summed E-state index contributed by atoms with van der Waals surface area (Å²) in [5.74, 6) is 2.14. The van der Waals surface area contributed by atoms with Gasteiger partial charge in [0.2, 0.25) is 0 Å². The summed E-state index contributed by atoms with van der Waals surface area (Å²) < 4.78 is 13.2. The monoisotopic (exact) mass is 650 g/mol. The maximum atomic E-state index is 5.98. The van der Waals surface area contributed by atoms with Crippen LogP contribution in [0.3, 0.4) is 0 Å². The first-order valence-corrected chi connectivity index (χ1v) is 14.6. The number of halogens is 1. The molecule has 2 aromatic carbocycles. The van der Waals surface area contributed by atoms with Crippen LogP contribution in [0.2, 0.25) is 5.02 Å². The average Bonchev–Trinajstić information content (AvgIpc) is 3.41. The zero-order chi connectivity index (χ0) is 24.4. The number of benzene rings is 2. The summed E-state index contributed by atoms with van der Waals surface area (Å²) in [6, 6.07) is 15.4. The number of methoxy groups -OCH3 is 1. The van der Waals surface area contributed by atoms with E-state index in [9.17, 15) is 0 Å². The zero-order valence-electron chi connectivity index (χ0n) is 18.0. The minimum absolute atomic E-state index is 0.0956. The first-order chi connectivity index (χ1) is 17.0. The summed E-state index contributed by atoms with van der Waals surface area (Å²) in [4.78, 5) is 17.0. The maximum absolute atomic E-state index is 5.98. The molecule has 4 heterocycles. The van der Waals surface area contributed by atoms with Crippen LogP contribution in [0.4, 0.5) is 0 Å². The number of rotatable bonds is 3. The fourth-order valence-corrected chi connectivity index (χ4v) is 8.47. The second-order valence-corrected chi connectivity index (χ2v) is 12.3. The Morgan fingerprint density at radius 2 is 1.23 bits per heavy atom. The van der Waals surface area contributed by atoms with Gasteiger partial charge in [-0.2, -0.15) is 0 Å². The molecule has 0 aliphatic carbocycles. The summed E-state index contributed by atoms with van der Waals surface area (Å²) in [6.07, 6.45) is 6.89. The first-order valence-electron chi connectivity index (χ1n) is 10.1. The molecule has 0 N–H and O–H groups in total. The van der Waals surface area contributed by atoms with Gasteiger partial charge < -0.3 is 0 Å². The predicted molar refractivity (Wildman–Crippen MR) is 145 cm³/mol. The zero-order valence-corrected chi connectivity index (χ0v) is 23.8. The van der Waals surface area contributed by atoms with Crippen LogP contribution in [-0.4, -0.2) is 63.6 Å². The summed E-state index contributed by atoms with van der Waals surface area (Å²) in [5.41, 5.74) is 0. The quantitative estimate of drug-likeness (QED) is 0.196. The molecule has 0 saturated carbocycles. The molecule has 4 aromatic heterocycles. The van der Waals surface area contributed by atoms with E-state index in [0.29, 0.717) is 16.9 Å². The second-order valence-electron chi connectivity index (χ2n) is 6.98. The molecule has 0 aliphatic rings. The van der Waals surface area contributed by atoms with Gasteiger partial charge in [0.25, 0.3) is 0 Å². The van der Waals surface area contributed by atoms with Crippen molar-refractivity contribution in [2.45, 2.75) is 0 Å². The third-order valence-electron chi connectivity index (χ3n) is 4.80. The van der Waals surface area contributed by atoms with Gasteiger partial charge in [0.15, 0.2) is 0 Å². The fourth-order valence-electron chi connectivity index (χ4n) is 3.19. The minimum atomic E-state index is 0.0956. The van der Waals surface area contributed by atoms with E-state index in [4.69, 9.17) is 40.8 Å². The van der Waals surface area contributed by atoms with Crippen LogP contribution in [0.1, 0.15) is 0 Å². The van der Waals surface area contributed by atoms with Gasteiger partial charge in [0, 0.05) is 0 Å². The van der Waals surface area contributed by atoms with E-state index in [0.717, 1.165) is 25.8 Å². The van der Waals surface area contributed by atoms with Crippen molar-refractivity contribution < 1.29 is 4.74 Å². The number of fused-ring (bicyclic) bond motifs is 2. The van der Waals surface area contributed by atoms with Crippen molar-refractivity contribution in [3.63, 3.8) is 0 Å². The SMILES string of the molecule is COc1ccc2[se]n(-c3ncccn3)c(=S)c2c1.S=c1c2cc(Cl)ccc2[se]n1-c1ncccn1. The Hall–Kier alpha value is -2.49. The Balaban J connectivity index is 0.000000145. The molecule has 0 saturated heterocycles. The Morgan fingerprint density at radius 1 is 0.743 bits per heavy atom. The molecule has 6 aromatic rings. The first kappa shape index (κ1) is 24.2. The molecule has 0 unspecified atom stereocenters. The standard InChI is InChI=1S/C12H9N3OSSe.C11H6ClN3SSe/c1-16-8-3-4-10-9(7-8)11(17)15(18-10)12-13-5-2-6-14-12;12-7-2-3-9-8(6-7)10(16)15(17-9)11-13-4-1-5-14-11/h2-7H,1H3;1-6H. The van der Waals surface area contributed by atoms with Crippen molar-refractivity contribution in [3.05, 3.63) is 87.6 Å². The Kier molecular flexibility index (Phi) is 7.36. The van der Waals surface area contributed by atoms with Crippen molar-refractivity contribution in [1.82, 2.24) is 27.1 Å². The van der Waals surface area contributed by atoms with Gasteiger partial charge in [0.05, 0.1) is 0 Å². The van der Waals surface area contributed by atoms with Gasteiger partial charge in [-0.25, -0.2) is 0 Å². The third kappa shape index (κ3) is 5.08. The molecule has 6 rings (SSSR count).